The highest BCUT2D eigenvalue weighted by Gasteiger charge is 2.14. The van der Waals surface area contributed by atoms with Crippen LogP contribution in [-0.2, 0) is 4.79 Å². The van der Waals surface area contributed by atoms with E-state index in [1.165, 1.54) is 51.6 Å². The SMILES string of the molecule is O=C(CCC1CCNCC1)NCCN1CCCCCC1. The van der Waals surface area contributed by atoms with Crippen LogP contribution in [0.2, 0.25) is 0 Å². The van der Waals surface area contributed by atoms with Gasteiger partial charge in [0.2, 0.25) is 5.91 Å². The van der Waals surface area contributed by atoms with Gasteiger partial charge in [-0.1, -0.05) is 12.8 Å². The fourth-order valence-corrected chi connectivity index (χ4v) is 3.31. The molecule has 2 heterocycles. The molecule has 2 saturated heterocycles. The lowest BCUT2D eigenvalue weighted by molar-refractivity contribution is -0.121. The maximum absolute atomic E-state index is 11.9. The topological polar surface area (TPSA) is 44.4 Å². The molecular formula is C16H31N3O. The second kappa shape index (κ2) is 9.35. The quantitative estimate of drug-likeness (QED) is 0.780. The van der Waals surface area contributed by atoms with Crippen LogP contribution in [0.25, 0.3) is 0 Å². The van der Waals surface area contributed by atoms with Crippen LogP contribution in [0.3, 0.4) is 0 Å². The van der Waals surface area contributed by atoms with Crippen LogP contribution in [-0.4, -0.2) is 50.1 Å². The Bertz CT molecular complexity index is 269. The highest BCUT2D eigenvalue weighted by atomic mass is 16.1. The first-order valence-corrected chi connectivity index (χ1v) is 8.54. The van der Waals surface area contributed by atoms with Crippen molar-refractivity contribution in [2.24, 2.45) is 5.92 Å². The van der Waals surface area contributed by atoms with Crippen LogP contribution in [0.5, 0.6) is 0 Å². The number of nitrogens with zero attached hydrogens (tertiary/aromatic N) is 1. The zero-order valence-electron chi connectivity index (χ0n) is 12.8. The van der Waals surface area contributed by atoms with Gasteiger partial charge in [-0.15, -0.1) is 0 Å². The monoisotopic (exact) mass is 281 g/mol. The summed E-state index contributed by atoms with van der Waals surface area (Å²) in [4.78, 5) is 14.4. The van der Waals surface area contributed by atoms with E-state index in [0.717, 1.165) is 38.5 Å². The number of rotatable bonds is 6. The molecule has 0 aromatic rings. The normalized spacial score (nSPS) is 22.4. The molecule has 0 spiro atoms. The minimum Gasteiger partial charge on any atom is -0.355 e. The van der Waals surface area contributed by atoms with Gasteiger partial charge in [0.25, 0.3) is 0 Å². The first-order valence-electron chi connectivity index (χ1n) is 8.54. The Kier molecular flexibility index (Phi) is 7.37. The molecule has 4 heteroatoms. The summed E-state index contributed by atoms with van der Waals surface area (Å²) in [5.41, 5.74) is 0. The first kappa shape index (κ1) is 15.8. The molecule has 2 N–H and O–H groups in total. The predicted octanol–water partition coefficient (Wildman–Crippen LogP) is 1.76. The lowest BCUT2D eigenvalue weighted by Crippen LogP contribution is -2.35. The summed E-state index contributed by atoms with van der Waals surface area (Å²) >= 11 is 0. The molecule has 0 aromatic heterocycles. The van der Waals surface area contributed by atoms with Gasteiger partial charge in [-0.2, -0.15) is 0 Å². The molecule has 0 radical (unpaired) electrons. The van der Waals surface area contributed by atoms with Crippen molar-refractivity contribution in [2.45, 2.75) is 51.4 Å². The summed E-state index contributed by atoms with van der Waals surface area (Å²) in [7, 11) is 0. The Morgan fingerprint density at radius 1 is 1.10 bits per heavy atom. The summed E-state index contributed by atoms with van der Waals surface area (Å²) in [5.74, 6) is 1.01. The number of carbonyl (C=O) groups is 1. The average Bonchev–Trinajstić information content (AvgIpc) is 2.75. The Morgan fingerprint density at radius 3 is 2.50 bits per heavy atom. The Balaban J connectivity index is 1.50. The van der Waals surface area contributed by atoms with E-state index in [1.54, 1.807) is 0 Å². The van der Waals surface area contributed by atoms with Crippen molar-refractivity contribution in [3.05, 3.63) is 0 Å². The molecule has 2 aliphatic heterocycles. The second-order valence-corrected chi connectivity index (χ2v) is 6.34. The summed E-state index contributed by atoms with van der Waals surface area (Å²) in [6.45, 7) is 6.53. The molecule has 1 amide bonds. The number of hydrogen-bond donors (Lipinski definition) is 2. The molecule has 116 valence electrons. The Hall–Kier alpha value is -0.610. The molecule has 0 aromatic carbocycles. The van der Waals surface area contributed by atoms with Gasteiger partial charge in [0, 0.05) is 19.5 Å². The number of likely N-dealkylation sites (tertiary alicyclic amines) is 1. The molecule has 2 rings (SSSR count). The Labute approximate surface area is 123 Å². The van der Waals surface area contributed by atoms with Gasteiger partial charge in [0.15, 0.2) is 0 Å². The number of hydrogen-bond acceptors (Lipinski definition) is 3. The second-order valence-electron chi connectivity index (χ2n) is 6.34. The van der Waals surface area contributed by atoms with E-state index in [-0.39, 0.29) is 5.91 Å². The number of piperidine rings is 1. The lowest BCUT2D eigenvalue weighted by atomic mass is 9.93. The van der Waals surface area contributed by atoms with Crippen molar-refractivity contribution >= 4 is 5.91 Å². The predicted molar refractivity (Wildman–Crippen MR) is 82.7 cm³/mol. The van der Waals surface area contributed by atoms with Crippen LogP contribution in [0.4, 0.5) is 0 Å². The third-order valence-electron chi connectivity index (χ3n) is 4.69. The van der Waals surface area contributed by atoms with Crippen LogP contribution in [0, 0.1) is 5.92 Å². The fourth-order valence-electron chi connectivity index (χ4n) is 3.31. The highest BCUT2D eigenvalue weighted by molar-refractivity contribution is 5.75. The molecule has 20 heavy (non-hydrogen) atoms. The zero-order valence-corrected chi connectivity index (χ0v) is 12.8. The maximum Gasteiger partial charge on any atom is 0.220 e. The minimum absolute atomic E-state index is 0.248. The van der Waals surface area contributed by atoms with Crippen LogP contribution in [0.15, 0.2) is 0 Å². The van der Waals surface area contributed by atoms with Crippen LogP contribution in [0.1, 0.15) is 51.4 Å². The van der Waals surface area contributed by atoms with Gasteiger partial charge in [-0.3, -0.25) is 4.79 Å². The summed E-state index contributed by atoms with van der Waals surface area (Å²) < 4.78 is 0. The highest BCUT2D eigenvalue weighted by Crippen LogP contribution is 2.17. The maximum atomic E-state index is 11.9. The number of amides is 1. The first-order chi connectivity index (χ1) is 9.84. The third-order valence-corrected chi connectivity index (χ3v) is 4.69. The summed E-state index contributed by atoms with van der Waals surface area (Å²) in [6.07, 6.45) is 9.65. The van der Waals surface area contributed by atoms with Gasteiger partial charge in [0.1, 0.15) is 0 Å². The van der Waals surface area contributed by atoms with Crippen molar-refractivity contribution in [2.75, 3.05) is 39.3 Å². The van der Waals surface area contributed by atoms with E-state index in [4.69, 9.17) is 0 Å². The van der Waals surface area contributed by atoms with Gasteiger partial charge in [-0.05, 0) is 64.2 Å². The molecule has 0 atom stereocenters. The van der Waals surface area contributed by atoms with Crippen molar-refractivity contribution < 1.29 is 4.79 Å². The molecule has 4 nitrogen and oxygen atoms in total. The standard InChI is InChI=1S/C16H31N3O/c20-16(6-5-15-7-9-17-10-8-15)18-11-14-19-12-3-1-2-4-13-19/h15,17H,1-14H2,(H,18,20). The fraction of sp³-hybridized carbons (Fsp3) is 0.938. The summed E-state index contributed by atoms with van der Waals surface area (Å²) in [5, 5.41) is 6.47. The van der Waals surface area contributed by atoms with Crippen molar-refractivity contribution in [1.82, 2.24) is 15.5 Å². The van der Waals surface area contributed by atoms with Gasteiger partial charge in [0.05, 0.1) is 0 Å². The lowest BCUT2D eigenvalue weighted by Gasteiger charge is -2.22. The summed E-state index contributed by atoms with van der Waals surface area (Å²) in [6, 6.07) is 0. The average molecular weight is 281 g/mol. The molecule has 0 bridgehead atoms. The largest absolute Gasteiger partial charge is 0.355 e. The van der Waals surface area contributed by atoms with Gasteiger partial charge in [-0.25, -0.2) is 0 Å². The molecule has 2 fully saturated rings. The van der Waals surface area contributed by atoms with E-state index >= 15 is 0 Å². The van der Waals surface area contributed by atoms with Crippen molar-refractivity contribution in [3.63, 3.8) is 0 Å². The van der Waals surface area contributed by atoms with E-state index in [1.807, 2.05) is 0 Å². The molecule has 0 saturated carbocycles. The van der Waals surface area contributed by atoms with Crippen LogP contribution >= 0.6 is 0 Å². The van der Waals surface area contributed by atoms with Gasteiger partial charge >= 0.3 is 0 Å². The number of nitrogens with one attached hydrogen (secondary N) is 2. The smallest absolute Gasteiger partial charge is 0.220 e. The van der Waals surface area contributed by atoms with Crippen LogP contribution < -0.4 is 10.6 Å². The van der Waals surface area contributed by atoms with Crippen molar-refractivity contribution in [3.8, 4) is 0 Å². The van der Waals surface area contributed by atoms with Crippen molar-refractivity contribution in [1.29, 1.82) is 0 Å². The third kappa shape index (κ3) is 6.23. The van der Waals surface area contributed by atoms with E-state index in [2.05, 4.69) is 15.5 Å². The molecule has 0 aliphatic carbocycles. The molecular weight excluding hydrogens is 250 g/mol. The zero-order chi connectivity index (χ0) is 14.0. The molecule has 2 aliphatic rings. The number of carbonyl (C=O) groups excluding carboxylic acids is 1. The Morgan fingerprint density at radius 2 is 1.80 bits per heavy atom. The van der Waals surface area contributed by atoms with E-state index in [0.29, 0.717) is 6.42 Å². The van der Waals surface area contributed by atoms with Gasteiger partial charge < -0.3 is 15.5 Å². The minimum atomic E-state index is 0.248. The van der Waals surface area contributed by atoms with E-state index in [9.17, 15) is 4.79 Å². The van der Waals surface area contributed by atoms with E-state index < -0.39 is 0 Å². The molecule has 0 unspecified atom stereocenters.